The second kappa shape index (κ2) is 4.93. The average Bonchev–Trinajstić information content (AvgIpc) is 3.04. The van der Waals surface area contributed by atoms with Crippen molar-refractivity contribution >= 4 is 0 Å². The average molecular weight is 224 g/mol. The van der Waals surface area contributed by atoms with E-state index in [0.717, 1.165) is 18.2 Å². The Hall–Kier alpha value is -0.940. The Balaban J connectivity index is 2.01. The van der Waals surface area contributed by atoms with Crippen LogP contribution in [0.4, 0.5) is 0 Å². The van der Waals surface area contributed by atoms with Gasteiger partial charge in [-0.15, -0.1) is 0 Å². The molecule has 0 amide bonds. The highest BCUT2D eigenvalue weighted by Gasteiger charge is 2.36. The Morgan fingerprint density at radius 2 is 2.38 bits per heavy atom. The van der Waals surface area contributed by atoms with Gasteiger partial charge in [0, 0.05) is 26.6 Å². The molecule has 2 unspecified atom stereocenters. The van der Waals surface area contributed by atoms with E-state index >= 15 is 0 Å². The lowest BCUT2D eigenvalue weighted by atomic mass is 10.0. The lowest BCUT2D eigenvalue weighted by molar-refractivity contribution is 0.0526. The van der Waals surface area contributed by atoms with Gasteiger partial charge in [0.1, 0.15) is 12.2 Å². The number of likely N-dealkylation sites (N-methyl/N-ethyl adjacent to an activating group) is 1. The summed E-state index contributed by atoms with van der Waals surface area (Å²) >= 11 is 0. The van der Waals surface area contributed by atoms with Gasteiger partial charge in [-0.3, -0.25) is 4.68 Å². The highest BCUT2D eigenvalue weighted by molar-refractivity contribution is 4.96. The van der Waals surface area contributed by atoms with Crippen LogP contribution in [0.5, 0.6) is 0 Å². The standard InChI is InChI=1S/C11H20N4O/c1-12-9(11(16-3)8-4-5-8)6-10-13-7-14-15(10)2/h7-9,11-12H,4-6H2,1-3H3. The summed E-state index contributed by atoms with van der Waals surface area (Å²) < 4.78 is 7.42. The van der Waals surface area contributed by atoms with Gasteiger partial charge >= 0.3 is 0 Å². The number of rotatable bonds is 6. The van der Waals surface area contributed by atoms with Crippen molar-refractivity contribution < 1.29 is 4.74 Å². The Morgan fingerprint density at radius 3 is 2.81 bits per heavy atom. The third kappa shape index (κ3) is 2.41. The quantitative estimate of drug-likeness (QED) is 0.758. The van der Waals surface area contributed by atoms with Crippen molar-refractivity contribution in [1.82, 2.24) is 20.1 Å². The third-order valence-electron chi connectivity index (χ3n) is 3.33. The molecule has 5 nitrogen and oxygen atoms in total. The lowest BCUT2D eigenvalue weighted by Crippen LogP contribution is -2.42. The molecule has 2 rings (SSSR count). The van der Waals surface area contributed by atoms with Gasteiger partial charge in [0.15, 0.2) is 0 Å². The lowest BCUT2D eigenvalue weighted by Gasteiger charge is -2.25. The molecule has 1 aliphatic rings. The maximum atomic E-state index is 5.60. The molecule has 0 saturated heterocycles. The zero-order chi connectivity index (χ0) is 11.5. The van der Waals surface area contributed by atoms with Crippen molar-refractivity contribution in [3.05, 3.63) is 12.2 Å². The van der Waals surface area contributed by atoms with Gasteiger partial charge in [0.25, 0.3) is 0 Å². The van der Waals surface area contributed by atoms with Crippen LogP contribution in [0.2, 0.25) is 0 Å². The van der Waals surface area contributed by atoms with Crippen LogP contribution >= 0.6 is 0 Å². The fourth-order valence-electron chi connectivity index (χ4n) is 2.19. The number of aryl methyl sites for hydroxylation is 1. The van der Waals surface area contributed by atoms with E-state index in [1.165, 1.54) is 12.8 Å². The van der Waals surface area contributed by atoms with Crippen LogP contribution in [0.25, 0.3) is 0 Å². The smallest absolute Gasteiger partial charge is 0.138 e. The van der Waals surface area contributed by atoms with Crippen molar-refractivity contribution in [3.63, 3.8) is 0 Å². The Labute approximate surface area is 96.2 Å². The van der Waals surface area contributed by atoms with Crippen LogP contribution in [0.3, 0.4) is 0 Å². The monoisotopic (exact) mass is 224 g/mol. The van der Waals surface area contributed by atoms with E-state index in [0.29, 0.717) is 12.1 Å². The first-order chi connectivity index (χ1) is 7.76. The van der Waals surface area contributed by atoms with E-state index in [-0.39, 0.29) is 0 Å². The summed E-state index contributed by atoms with van der Waals surface area (Å²) in [6.07, 6.45) is 5.33. The topological polar surface area (TPSA) is 52.0 Å². The van der Waals surface area contributed by atoms with E-state index in [4.69, 9.17) is 4.74 Å². The number of nitrogens with one attached hydrogen (secondary N) is 1. The van der Waals surface area contributed by atoms with Gasteiger partial charge in [-0.2, -0.15) is 5.10 Å². The van der Waals surface area contributed by atoms with E-state index < -0.39 is 0 Å². The van der Waals surface area contributed by atoms with Crippen molar-refractivity contribution in [2.24, 2.45) is 13.0 Å². The summed E-state index contributed by atoms with van der Waals surface area (Å²) in [6, 6.07) is 0.320. The molecule has 1 heterocycles. The largest absolute Gasteiger partial charge is 0.380 e. The number of nitrogens with zero attached hydrogens (tertiary/aromatic N) is 3. The molecule has 0 aliphatic heterocycles. The summed E-state index contributed by atoms with van der Waals surface area (Å²) in [5.41, 5.74) is 0. The van der Waals surface area contributed by atoms with E-state index in [1.54, 1.807) is 13.4 Å². The second-order valence-corrected chi connectivity index (χ2v) is 4.44. The summed E-state index contributed by atoms with van der Waals surface area (Å²) in [6.45, 7) is 0. The predicted octanol–water partition coefficient (Wildman–Crippen LogP) is 0.371. The van der Waals surface area contributed by atoms with Crippen LogP contribution in [0, 0.1) is 5.92 Å². The van der Waals surface area contributed by atoms with Gasteiger partial charge < -0.3 is 10.1 Å². The first kappa shape index (κ1) is 11.5. The minimum atomic E-state index is 0.293. The van der Waals surface area contributed by atoms with E-state index in [2.05, 4.69) is 15.4 Å². The maximum Gasteiger partial charge on any atom is 0.138 e. The number of methoxy groups -OCH3 is 1. The van der Waals surface area contributed by atoms with Crippen molar-refractivity contribution in [2.45, 2.75) is 31.4 Å². The van der Waals surface area contributed by atoms with Gasteiger partial charge in [-0.25, -0.2) is 4.98 Å². The zero-order valence-corrected chi connectivity index (χ0v) is 10.2. The van der Waals surface area contributed by atoms with Crippen molar-refractivity contribution in [3.8, 4) is 0 Å². The normalized spacial score (nSPS) is 19.7. The molecule has 1 aliphatic carbocycles. The summed E-state index contributed by atoms with van der Waals surface area (Å²) in [4.78, 5) is 4.26. The van der Waals surface area contributed by atoms with Crippen molar-refractivity contribution in [2.75, 3.05) is 14.2 Å². The Bertz CT molecular complexity index is 334. The molecular weight excluding hydrogens is 204 g/mol. The van der Waals surface area contributed by atoms with Gasteiger partial charge in [-0.05, 0) is 25.8 Å². The highest BCUT2D eigenvalue weighted by Crippen LogP contribution is 2.36. The molecule has 1 fully saturated rings. The molecular formula is C11H20N4O. The summed E-state index contributed by atoms with van der Waals surface area (Å²) in [5.74, 6) is 1.72. The molecule has 0 aromatic carbocycles. The van der Waals surface area contributed by atoms with Gasteiger partial charge in [-0.1, -0.05) is 0 Å². The van der Waals surface area contributed by atoms with Gasteiger partial charge in [0.05, 0.1) is 6.10 Å². The van der Waals surface area contributed by atoms with Gasteiger partial charge in [0.2, 0.25) is 0 Å². The Morgan fingerprint density at radius 1 is 1.62 bits per heavy atom. The fraction of sp³-hybridized carbons (Fsp3) is 0.818. The zero-order valence-electron chi connectivity index (χ0n) is 10.2. The predicted molar refractivity (Wildman–Crippen MR) is 61.1 cm³/mol. The summed E-state index contributed by atoms with van der Waals surface area (Å²) in [7, 11) is 5.70. The molecule has 2 atom stereocenters. The number of aromatic nitrogens is 3. The van der Waals surface area contributed by atoms with Crippen LogP contribution < -0.4 is 5.32 Å². The van der Waals surface area contributed by atoms with Crippen molar-refractivity contribution in [1.29, 1.82) is 0 Å². The number of hydrogen-bond acceptors (Lipinski definition) is 4. The summed E-state index contributed by atoms with van der Waals surface area (Å²) in [5, 5.41) is 7.42. The van der Waals surface area contributed by atoms with Crippen LogP contribution in [0.1, 0.15) is 18.7 Å². The molecule has 0 radical (unpaired) electrons. The Kier molecular flexibility index (Phi) is 3.56. The SMILES string of the molecule is CNC(Cc1ncnn1C)C(OC)C1CC1. The number of hydrogen-bond donors (Lipinski definition) is 1. The molecule has 1 aromatic rings. The maximum absolute atomic E-state index is 5.60. The minimum absolute atomic E-state index is 0.293. The van der Waals surface area contributed by atoms with Crippen LogP contribution in [0.15, 0.2) is 6.33 Å². The molecule has 0 bridgehead atoms. The molecule has 90 valence electrons. The minimum Gasteiger partial charge on any atom is -0.380 e. The third-order valence-corrected chi connectivity index (χ3v) is 3.33. The molecule has 1 N–H and O–H groups in total. The van der Waals surface area contributed by atoms with Crippen LogP contribution in [-0.2, 0) is 18.2 Å². The first-order valence-corrected chi connectivity index (χ1v) is 5.79. The first-order valence-electron chi connectivity index (χ1n) is 5.79. The molecule has 5 heteroatoms. The van der Waals surface area contributed by atoms with E-state index in [9.17, 15) is 0 Å². The second-order valence-electron chi connectivity index (χ2n) is 4.44. The molecule has 1 aromatic heterocycles. The van der Waals surface area contributed by atoms with Crippen LogP contribution in [-0.4, -0.2) is 41.1 Å². The number of ether oxygens (including phenoxy) is 1. The highest BCUT2D eigenvalue weighted by atomic mass is 16.5. The fourth-order valence-corrected chi connectivity index (χ4v) is 2.19. The molecule has 0 spiro atoms. The molecule has 16 heavy (non-hydrogen) atoms. The molecule has 1 saturated carbocycles. The van der Waals surface area contributed by atoms with E-state index in [1.807, 2.05) is 18.8 Å².